The first kappa shape index (κ1) is 16.7. The van der Waals surface area contributed by atoms with Gasteiger partial charge in [0.05, 0.1) is 12.0 Å². The Bertz CT molecular complexity index is 848. The first-order valence-electron chi connectivity index (χ1n) is 7.98. The van der Waals surface area contributed by atoms with Crippen LogP contribution in [0.3, 0.4) is 0 Å². The van der Waals surface area contributed by atoms with E-state index in [0.29, 0.717) is 11.3 Å². The Morgan fingerprint density at radius 2 is 1.92 bits per heavy atom. The highest BCUT2D eigenvalue weighted by atomic mass is 16.2. The van der Waals surface area contributed by atoms with E-state index < -0.39 is 5.54 Å². The summed E-state index contributed by atoms with van der Waals surface area (Å²) in [6.45, 7) is 1.86. The molecule has 0 saturated heterocycles. The van der Waals surface area contributed by atoms with Crippen LogP contribution in [0.4, 0.5) is 5.69 Å². The molecule has 128 valence electrons. The van der Waals surface area contributed by atoms with E-state index in [-0.39, 0.29) is 24.2 Å². The average Bonchev–Trinajstić information content (AvgIpc) is 2.60. The quantitative estimate of drug-likeness (QED) is 0.902. The van der Waals surface area contributed by atoms with Crippen LogP contribution in [-0.4, -0.2) is 29.7 Å². The molecule has 0 spiro atoms. The fraction of sp³-hybridized carbons (Fsp3) is 0.211. The van der Waals surface area contributed by atoms with E-state index in [9.17, 15) is 9.59 Å². The summed E-state index contributed by atoms with van der Waals surface area (Å²) < 4.78 is 0. The summed E-state index contributed by atoms with van der Waals surface area (Å²) in [7, 11) is 1.61. The maximum Gasteiger partial charge on any atom is 0.255 e. The number of guanidine groups is 1. The van der Waals surface area contributed by atoms with Crippen LogP contribution >= 0.6 is 0 Å². The van der Waals surface area contributed by atoms with Gasteiger partial charge in [-0.1, -0.05) is 30.3 Å². The predicted molar refractivity (Wildman–Crippen MR) is 97.2 cm³/mol. The second-order valence-corrected chi connectivity index (χ2v) is 6.27. The third-order valence-electron chi connectivity index (χ3n) is 4.35. The van der Waals surface area contributed by atoms with Gasteiger partial charge < -0.3 is 11.1 Å². The fourth-order valence-corrected chi connectivity index (χ4v) is 2.80. The summed E-state index contributed by atoms with van der Waals surface area (Å²) in [6, 6.07) is 16.3. The minimum atomic E-state index is -0.749. The molecule has 0 saturated carbocycles. The molecule has 6 heteroatoms. The second kappa shape index (κ2) is 6.39. The maximum absolute atomic E-state index is 12.3. The molecule has 1 aliphatic rings. The van der Waals surface area contributed by atoms with Gasteiger partial charge in [-0.05, 0) is 36.8 Å². The van der Waals surface area contributed by atoms with Crippen molar-refractivity contribution >= 4 is 23.5 Å². The van der Waals surface area contributed by atoms with Crippen molar-refractivity contribution in [3.05, 3.63) is 65.7 Å². The molecule has 0 aromatic heterocycles. The molecule has 0 unspecified atom stereocenters. The van der Waals surface area contributed by atoms with E-state index >= 15 is 0 Å². The van der Waals surface area contributed by atoms with E-state index in [4.69, 9.17) is 5.73 Å². The number of carbonyl (C=O) groups excluding carboxylic acids is 2. The van der Waals surface area contributed by atoms with Crippen LogP contribution in [0.2, 0.25) is 0 Å². The van der Waals surface area contributed by atoms with Crippen molar-refractivity contribution in [1.82, 2.24) is 4.90 Å². The van der Waals surface area contributed by atoms with Crippen LogP contribution in [0.5, 0.6) is 0 Å². The SMILES string of the molecule is CN1C(=O)C[C@](C)(c2cccc(NC(=O)c3ccccc3)c2)N=C1N. The number of nitrogens with zero attached hydrogens (tertiary/aromatic N) is 2. The van der Waals surface area contributed by atoms with Crippen molar-refractivity contribution in [2.24, 2.45) is 10.7 Å². The molecule has 0 aliphatic carbocycles. The number of amides is 2. The zero-order valence-electron chi connectivity index (χ0n) is 14.2. The van der Waals surface area contributed by atoms with Gasteiger partial charge in [0.25, 0.3) is 5.91 Å². The number of benzene rings is 2. The summed E-state index contributed by atoms with van der Waals surface area (Å²) in [4.78, 5) is 30.3. The van der Waals surface area contributed by atoms with Crippen molar-refractivity contribution < 1.29 is 9.59 Å². The third kappa shape index (κ3) is 3.38. The van der Waals surface area contributed by atoms with Gasteiger partial charge in [-0.25, -0.2) is 4.99 Å². The highest BCUT2D eigenvalue weighted by molar-refractivity contribution is 6.04. The lowest BCUT2D eigenvalue weighted by Crippen LogP contribution is -2.47. The van der Waals surface area contributed by atoms with E-state index in [2.05, 4.69) is 10.3 Å². The van der Waals surface area contributed by atoms with Gasteiger partial charge in [0.15, 0.2) is 5.96 Å². The van der Waals surface area contributed by atoms with Crippen LogP contribution in [-0.2, 0) is 10.3 Å². The number of nitrogens with two attached hydrogens (primary N) is 1. The molecular weight excluding hydrogens is 316 g/mol. The lowest BCUT2D eigenvalue weighted by molar-refractivity contribution is -0.128. The van der Waals surface area contributed by atoms with Gasteiger partial charge in [-0.2, -0.15) is 0 Å². The third-order valence-corrected chi connectivity index (χ3v) is 4.35. The van der Waals surface area contributed by atoms with Crippen molar-refractivity contribution in [1.29, 1.82) is 0 Å². The van der Waals surface area contributed by atoms with E-state index in [1.165, 1.54) is 4.90 Å². The molecule has 2 aromatic rings. The second-order valence-electron chi connectivity index (χ2n) is 6.27. The minimum absolute atomic E-state index is 0.0891. The highest BCUT2D eigenvalue weighted by Gasteiger charge is 2.36. The monoisotopic (exact) mass is 336 g/mol. The Hall–Kier alpha value is -3.15. The number of carbonyl (C=O) groups is 2. The molecule has 3 rings (SSSR count). The number of hydrogen-bond acceptors (Lipinski definition) is 4. The lowest BCUT2D eigenvalue weighted by atomic mass is 9.87. The standard InChI is InChI=1S/C19H20N4O2/c1-19(12-16(24)23(2)18(20)22-19)14-9-6-10-15(11-14)21-17(25)13-7-4-3-5-8-13/h3-11H,12H2,1-2H3,(H2,20,22)(H,21,25)/t19-/m1/s1. The average molecular weight is 336 g/mol. The van der Waals surface area contributed by atoms with Gasteiger partial charge in [-0.15, -0.1) is 0 Å². The molecule has 3 N–H and O–H groups in total. The van der Waals surface area contributed by atoms with Gasteiger partial charge in [-0.3, -0.25) is 14.5 Å². The number of aliphatic imine (C=N–C) groups is 1. The molecule has 0 fully saturated rings. The first-order chi connectivity index (χ1) is 11.9. The topological polar surface area (TPSA) is 87.8 Å². The Kier molecular flexibility index (Phi) is 4.27. The Morgan fingerprint density at radius 1 is 1.20 bits per heavy atom. The number of rotatable bonds is 3. The largest absolute Gasteiger partial charge is 0.369 e. The Balaban J connectivity index is 1.87. The molecule has 0 radical (unpaired) electrons. The summed E-state index contributed by atoms with van der Waals surface area (Å²) >= 11 is 0. The summed E-state index contributed by atoms with van der Waals surface area (Å²) in [5, 5.41) is 2.87. The molecular formula is C19H20N4O2. The molecule has 2 amide bonds. The van der Waals surface area contributed by atoms with Crippen molar-refractivity contribution in [2.45, 2.75) is 18.9 Å². The van der Waals surface area contributed by atoms with Gasteiger partial charge in [0.2, 0.25) is 5.91 Å². The molecule has 2 aromatic carbocycles. The zero-order valence-corrected chi connectivity index (χ0v) is 14.2. The Morgan fingerprint density at radius 3 is 2.60 bits per heavy atom. The molecule has 25 heavy (non-hydrogen) atoms. The van der Waals surface area contributed by atoms with E-state index in [1.54, 1.807) is 25.2 Å². The minimum Gasteiger partial charge on any atom is -0.369 e. The van der Waals surface area contributed by atoms with Crippen LogP contribution in [0.25, 0.3) is 0 Å². The van der Waals surface area contributed by atoms with Crippen molar-refractivity contribution in [2.75, 3.05) is 12.4 Å². The smallest absolute Gasteiger partial charge is 0.255 e. The summed E-state index contributed by atoms with van der Waals surface area (Å²) in [5.41, 5.74) is 7.16. The fourth-order valence-electron chi connectivity index (χ4n) is 2.80. The normalized spacial score (nSPS) is 20.2. The van der Waals surface area contributed by atoms with E-state index in [0.717, 1.165) is 5.56 Å². The van der Waals surface area contributed by atoms with E-state index in [1.807, 2.05) is 43.3 Å². The van der Waals surface area contributed by atoms with Crippen LogP contribution in [0, 0.1) is 0 Å². The first-order valence-corrected chi connectivity index (χ1v) is 7.98. The maximum atomic E-state index is 12.3. The van der Waals surface area contributed by atoms with Gasteiger partial charge in [0.1, 0.15) is 0 Å². The number of anilines is 1. The van der Waals surface area contributed by atoms with Crippen LogP contribution in [0.15, 0.2) is 59.6 Å². The Labute approximate surface area is 146 Å². The van der Waals surface area contributed by atoms with Crippen molar-refractivity contribution in [3.63, 3.8) is 0 Å². The molecule has 1 aliphatic heterocycles. The predicted octanol–water partition coefficient (Wildman–Crippen LogP) is 2.33. The van der Waals surface area contributed by atoms with Crippen LogP contribution in [0.1, 0.15) is 29.3 Å². The van der Waals surface area contributed by atoms with Crippen LogP contribution < -0.4 is 11.1 Å². The summed E-state index contributed by atoms with van der Waals surface area (Å²) in [6.07, 6.45) is 0.223. The number of hydrogen-bond donors (Lipinski definition) is 2. The van der Waals surface area contributed by atoms with Gasteiger partial charge >= 0.3 is 0 Å². The van der Waals surface area contributed by atoms with Gasteiger partial charge in [0, 0.05) is 18.3 Å². The number of nitrogens with one attached hydrogen (secondary N) is 1. The molecule has 0 bridgehead atoms. The molecule has 1 atom stereocenters. The molecule has 6 nitrogen and oxygen atoms in total. The van der Waals surface area contributed by atoms with Crippen molar-refractivity contribution in [3.8, 4) is 0 Å². The lowest BCUT2D eigenvalue weighted by Gasteiger charge is -2.33. The zero-order chi connectivity index (χ0) is 18.0. The molecule has 1 heterocycles. The summed E-state index contributed by atoms with van der Waals surface area (Å²) in [5.74, 6) is -0.0865. The highest BCUT2D eigenvalue weighted by Crippen LogP contribution is 2.34.